The van der Waals surface area contributed by atoms with E-state index in [9.17, 15) is 0 Å². The average molecular weight is 732 g/mol. The van der Waals surface area contributed by atoms with Gasteiger partial charge in [0.2, 0.25) is 0 Å². The van der Waals surface area contributed by atoms with E-state index >= 15 is 0 Å². The zero-order chi connectivity index (χ0) is 10.7. The summed E-state index contributed by atoms with van der Waals surface area (Å²) in [5.41, 5.74) is 0. The Morgan fingerprint density at radius 1 is 0.500 bits per heavy atom. The molecule has 0 amide bonds. The summed E-state index contributed by atoms with van der Waals surface area (Å²) in [5.74, 6) is 0. The normalized spacial score (nSPS) is 5.57. The number of hydrogen-bond donors (Lipinski definition) is 0. The van der Waals surface area contributed by atoms with Gasteiger partial charge in [-0.15, -0.1) is 0 Å². The summed E-state index contributed by atoms with van der Waals surface area (Å²) in [6, 6.07) is 0. The van der Waals surface area contributed by atoms with E-state index < -0.39 is 67.9 Å². The van der Waals surface area contributed by atoms with Crippen LogP contribution in [0.4, 0.5) is 0 Å². The van der Waals surface area contributed by atoms with Gasteiger partial charge in [-0.05, 0) is 0 Å². The average Bonchev–Trinajstić information content (AvgIpc) is 1.54. The molecule has 0 N–H and O–H groups in total. The van der Waals surface area contributed by atoms with Crippen LogP contribution in [0.1, 0.15) is 0 Å². The number of hydrogen-bond acceptors (Lipinski definition) is 9. The molecule has 0 aliphatic heterocycles. The molecule has 0 aromatic rings. The maximum absolute atomic E-state index is 8.61. The summed E-state index contributed by atoms with van der Waals surface area (Å²) in [6.07, 6.45) is 0. The Morgan fingerprint density at radius 3 is 0.500 bits per heavy atom. The third kappa shape index (κ3) is 198. The molecule has 2 radical (unpaired) electrons. The minimum absolute atomic E-state index is 0. The van der Waals surface area contributed by atoms with Crippen LogP contribution in [-0.2, 0) is 76.3 Å². The Bertz CT molecular complexity index is 116. The van der Waals surface area contributed by atoms with Crippen molar-refractivity contribution in [3.63, 3.8) is 0 Å². The second-order valence-corrected chi connectivity index (χ2v) is 4.44. The van der Waals surface area contributed by atoms with Crippen LogP contribution in [0.2, 0.25) is 0 Å². The molecule has 0 aromatic heterocycles. The molecule has 0 aromatic carbocycles. The zero-order valence-electron chi connectivity index (χ0n) is 5.88. The van der Waals surface area contributed by atoms with Crippen molar-refractivity contribution in [2.45, 2.75) is 0 Å². The fourth-order valence-electron chi connectivity index (χ4n) is 0. The first-order valence-electron chi connectivity index (χ1n) is 1.84. The third-order valence-corrected chi connectivity index (χ3v) is 0. The van der Waals surface area contributed by atoms with Gasteiger partial charge in [-0.25, -0.2) is 0 Å². The van der Waals surface area contributed by atoms with Crippen molar-refractivity contribution in [1.29, 1.82) is 0 Å². The first kappa shape index (κ1) is 31.1. The summed E-state index contributed by atoms with van der Waals surface area (Å²) in [6.45, 7) is 0. The Labute approximate surface area is 170 Å². The van der Waals surface area contributed by atoms with Crippen molar-refractivity contribution in [3.8, 4) is 0 Å². The zero-order valence-corrected chi connectivity index (χ0v) is 17.8. The van der Waals surface area contributed by atoms with Crippen molar-refractivity contribution >= 4 is 0 Å². The molecule has 0 spiro atoms. The van der Waals surface area contributed by atoms with Gasteiger partial charge < -0.3 is 0 Å². The standard InChI is InChI=1S/2Gd.9O.3Zr/q2*+3;;;;6*-1;;;. The van der Waals surface area contributed by atoms with Crippen LogP contribution in [0.3, 0.4) is 0 Å². The van der Waals surface area contributed by atoms with Crippen LogP contribution in [0.25, 0.3) is 0 Å². The van der Waals surface area contributed by atoms with E-state index in [1.54, 1.807) is 0 Å². The molecule has 14 heteroatoms. The molecular weight excluding hydrogens is 732 g/mol. The van der Waals surface area contributed by atoms with Crippen molar-refractivity contribution < 1.29 is 175 Å². The van der Waals surface area contributed by atoms with Gasteiger partial charge >= 0.3 is 175 Å². The van der Waals surface area contributed by atoms with E-state index in [1.807, 2.05) is 0 Å². The van der Waals surface area contributed by atoms with Crippen LogP contribution < -0.4 is 19.1 Å². The van der Waals surface area contributed by atoms with Crippen LogP contribution in [-0.4, -0.2) is 0 Å². The molecular formula is Gd2O9Zr3. The first-order chi connectivity index (χ1) is 5.20. The van der Waals surface area contributed by atoms with Crippen LogP contribution in [0.15, 0.2) is 0 Å². The summed E-state index contributed by atoms with van der Waals surface area (Å²) in [4.78, 5) is 0. The molecule has 0 bridgehead atoms. The first-order valence-corrected chi connectivity index (χ1v) is 10.9. The van der Waals surface area contributed by atoms with Gasteiger partial charge in [0.15, 0.2) is 0 Å². The molecule has 0 rings (SSSR count). The summed E-state index contributed by atoms with van der Waals surface area (Å²) in [5, 5.41) is 0. The molecule has 0 aliphatic rings. The SMILES string of the molecule is [Gd+3].[Gd+3].[O]=[Zr]([O-])[O-].[O]=[Zr]([O-])[O-].[O]=[Zr]([O-])[O-]. The monoisotopic (exact) mass is 730 g/mol. The third-order valence-electron chi connectivity index (χ3n) is 0. The van der Waals surface area contributed by atoms with E-state index in [2.05, 4.69) is 0 Å². The van der Waals surface area contributed by atoms with Crippen molar-refractivity contribution in [1.82, 2.24) is 0 Å². The minimum atomic E-state index is -4.29. The van der Waals surface area contributed by atoms with Crippen LogP contribution in [0.5, 0.6) is 0 Å². The van der Waals surface area contributed by atoms with Crippen molar-refractivity contribution in [2.24, 2.45) is 0 Å². The van der Waals surface area contributed by atoms with E-state index in [4.69, 9.17) is 27.5 Å². The second kappa shape index (κ2) is 26.1. The molecule has 0 fully saturated rings. The molecule has 82 valence electrons. The summed E-state index contributed by atoms with van der Waals surface area (Å²) < 4.78 is 77.5. The molecule has 0 saturated heterocycles. The topological polar surface area (TPSA) is 190 Å². The predicted octanol–water partition coefficient (Wildman–Crippen LogP) is -7.50. The van der Waals surface area contributed by atoms with Crippen LogP contribution >= 0.6 is 0 Å². The van der Waals surface area contributed by atoms with E-state index in [-0.39, 0.29) is 79.9 Å². The molecule has 0 aliphatic carbocycles. The Morgan fingerprint density at radius 2 is 0.500 bits per heavy atom. The van der Waals surface area contributed by atoms with Crippen LogP contribution in [0, 0.1) is 79.9 Å². The van der Waals surface area contributed by atoms with Gasteiger partial charge in [0.05, 0.1) is 0 Å². The van der Waals surface area contributed by atoms with Crippen molar-refractivity contribution in [3.05, 3.63) is 0 Å². The Hall–Kier alpha value is 4.46. The molecule has 0 heterocycles. The predicted molar refractivity (Wildman–Crippen MR) is 2.06 cm³/mol. The summed E-state index contributed by atoms with van der Waals surface area (Å²) >= 11 is -12.9. The quantitative estimate of drug-likeness (QED) is 0.233. The Balaban J connectivity index is -0.0000000270. The summed E-state index contributed by atoms with van der Waals surface area (Å²) in [7, 11) is 0. The molecule has 9 nitrogen and oxygen atoms in total. The van der Waals surface area contributed by atoms with Gasteiger partial charge in [0.25, 0.3) is 0 Å². The van der Waals surface area contributed by atoms with Gasteiger partial charge in [-0.2, -0.15) is 0 Å². The van der Waals surface area contributed by atoms with E-state index in [1.165, 1.54) is 0 Å². The fourth-order valence-corrected chi connectivity index (χ4v) is 0. The fraction of sp³-hybridized carbons (Fsp3) is 0. The van der Waals surface area contributed by atoms with E-state index in [0.29, 0.717) is 0 Å². The van der Waals surface area contributed by atoms with Gasteiger partial charge in [-0.3, -0.25) is 0 Å². The Kier molecular flexibility index (Phi) is 57.9. The molecule has 0 atom stereocenters. The maximum atomic E-state index is 8.61. The van der Waals surface area contributed by atoms with Gasteiger partial charge in [0.1, 0.15) is 0 Å². The van der Waals surface area contributed by atoms with Crippen molar-refractivity contribution in [2.75, 3.05) is 0 Å². The molecule has 0 saturated carbocycles. The van der Waals surface area contributed by atoms with Gasteiger partial charge in [0, 0.05) is 0 Å². The second-order valence-electron chi connectivity index (χ2n) is 0.750. The number of rotatable bonds is 0. The molecule has 0 unspecified atom stereocenters. The van der Waals surface area contributed by atoms with Gasteiger partial charge in [-0.1, -0.05) is 0 Å². The molecule has 14 heavy (non-hydrogen) atoms. The van der Waals surface area contributed by atoms with E-state index in [0.717, 1.165) is 0 Å².